The van der Waals surface area contributed by atoms with E-state index >= 15 is 0 Å². The van der Waals surface area contributed by atoms with Crippen molar-refractivity contribution in [3.05, 3.63) is 69.8 Å². The Hall–Kier alpha value is -3.19. The molecule has 142 valence electrons. The van der Waals surface area contributed by atoms with Crippen LogP contribution in [0.1, 0.15) is 12.5 Å². The van der Waals surface area contributed by atoms with E-state index in [0.29, 0.717) is 39.2 Å². The van der Waals surface area contributed by atoms with Gasteiger partial charge < -0.3 is 5.32 Å². The van der Waals surface area contributed by atoms with Gasteiger partial charge in [-0.05, 0) is 36.8 Å². The molecule has 5 nitrogen and oxygen atoms in total. The summed E-state index contributed by atoms with van der Waals surface area (Å²) in [6, 6.07) is 4.26. The van der Waals surface area contributed by atoms with Gasteiger partial charge in [-0.25, -0.2) is 23.7 Å². The van der Waals surface area contributed by atoms with E-state index in [4.69, 9.17) is 11.6 Å². The number of hydrogen-bond donors (Lipinski definition) is 1. The molecule has 0 radical (unpaired) electrons. The summed E-state index contributed by atoms with van der Waals surface area (Å²) < 4.78 is 28.0. The highest BCUT2D eigenvalue weighted by Crippen LogP contribution is 2.23. The van der Waals surface area contributed by atoms with Crippen molar-refractivity contribution in [3.63, 3.8) is 0 Å². The molecule has 0 saturated heterocycles. The standard InChI is InChI=1S/C20H16ClF2N5/c1-3-12(14-9-13(21)4-5-16(14)23)8-15-17(10-22)27-20(28-19(15)24-2)18-11-25-6-7-26-18/h3-11H,1-2H3,(H,24,27,28)/b12-3+,15-8+,17-10-. The quantitative estimate of drug-likeness (QED) is 0.728. The molecule has 0 fully saturated rings. The van der Waals surface area contributed by atoms with E-state index in [2.05, 4.69) is 25.3 Å². The number of nitrogens with one attached hydrogen (secondary N) is 1. The van der Waals surface area contributed by atoms with E-state index in [-0.39, 0.29) is 11.2 Å². The molecule has 0 saturated carbocycles. The molecule has 1 N–H and O–H groups in total. The molecule has 2 heterocycles. The second-order valence-electron chi connectivity index (χ2n) is 5.66. The Kier molecular flexibility index (Phi) is 6.06. The molecule has 0 atom stereocenters. The van der Waals surface area contributed by atoms with Gasteiger partial charge in [0.05, 0.1) is 6.20 Å². The lowest BCUT2D eigenvalue weighted by Crippen LogP contribution is -2.32. The molecule has 8 heteroatoms. The molecule has 28 heavy (non-hydrogen) atoms. The van der Waals surface area contributed by atoms with E-state index < -0.39 is 5.82 Å². The Morgan fingerprint density at radius 2 is 2.04 bits per heavy atom. The van der Waals surface area contributed by atoms with Gasteiger partial charge in [0.25, 0.3) is 0 Å². The Labute approximate surface area is 165 Å². The van der Waals surface area contributed by atoms with Crippen LogP contribution in [0.3, 0.4) is 0 Å². The normalized spacial score (nSPS) is 13.1. The third kappa shape index (κ3) is 4.04. The first-order valence-corrected chi connectivity index (χ1v) is 8.71. The van der Waals surface area contributed by atoms with Gasteiger partial charge in [0, 0.05) is 35.2 Å². The highest BCUT2D eigenvalue weighted by molar-refractivity contribution is 6.30. The van der Waals surface area contributed by atoms with Crippen molar-refractivity contribution in [2.75, 3.05) is 12.4 Å². The number of allylic oxidation sites excluding steroid dienone is 2. The Morgan fingerprint density at radius 3 is 2.68 bits per heavy atom. The first-order valence-electron chi connectivity index (χ1n) is 8.33. The highest BCUT2D eigenvalue weighted by atomic mass is 35.5. The summed E-state index contributed by atoms with van der Waals surface area (Å²) in [7, 11) is 1.65. The lowest BCUT2D eigenvalue weighted by molar-refractivity contribution is 0.624. The fourth-order valence-electron chi connectivity index (χ4n) is 2.62. The molecule has 0 unspecified atom stereocenters. The Morgan fingerprint density at radius 1 is 1.21 bits per heavy atom. The summed E-state index contributed by atoms with van der Waals surface area (Å²) in [5.74, 6) is 0.137. The molecular formula is C20H16ClF2N5. The topological polar surface area (TPSA) is 63.6 Å². The zero-order chi connectivity index (χ0) is 20.1. The predicted molar refractivity (Wildman–Crippen MR) is 107 cm³/mol. The predicted octanol–water partition coefficient (Wildman–Crippen LogP) is 3.36. The Bertz CT molecular complexity index is 1150. The van der Waals surface area contributed by atoms with Crippen LogP contribution in [0.15, 0.2) is 42.9 Å². The van der Waals surface area contributed by atoms with Crippen LogP contribution >= 0.6 is 11.6 Å². The number of benzene rings is 1. The number of halogens is 3. The average Bonchev–Trinajstić information content (AvgIpc) is 2.74. The molecule has 0 aliphatic carbocycles. The maximum Gasteiger partial charge on any atom is 0.182 e. The van der Waals surface area contributed by atoms with E-state index in [1.165, 1.54) is 36.8 Å². The number of nitrogens with zero attached hydrogens (tertiary/aromatic N) is 4. The summed E-state index contributed by atoms with van der Waals surface area (Å²) in [6.45, 7) is 1.75. The van der Waals surface area contributed by atoms with Crippen LogP contribution in [0, 0.1) is 5.82 Å². The SMILES string of the molecule is C\C=C(/C=c1/c(NC)nc(-c2cnccn2)n/c1=C\F)c1cc(Cl)ccc1F. The molecule has 0 aliphatic heterocycles. The molecule has 3 rings (SSSR count). The van der Waals surface area contributed by atoms with Gasteiger partial charge in [-0.1, -0.05) is 17.7 Å². The molecule has 0 amide bonds. The van der Waals surface area contributed by atoms with Crippen LogP contribution in [-0.2, 0) is 0 Å². The maximum atomic E-state index is 14.3. The lowest BCUT2D eigenvalue weighted by Gasteiger charge is -2.08. The maximum absolute atomic E-state index is 14.3. The van der Waals surface area contributed by atoms with E-state index in [9.17, 15) is 8.78 Å². The van der Waals surface area contributed by atoms with Crippen molar-refractivity contribution in [3.8, 4) is 11.5 Å². The second-order valence-corrected chi connectivity index (χ2v) is 6.09. The van der Waals surface area contributed by atoms with Crippen LogP contribution in [0.25, 0.3) is 29.5 Å². The van der Waals surface area contributed by atoms with Crippen molar-refractivity contribution in [2.45, 2.75) is 6.92 Å². The molecular weight excluding hydrogens is 384 g/mol. The first-order chi connectivity index (χ1) is 13.6. The number of anilines is 1. The second kappa shape index (κ2) is 8.67. The van der Waals surface area contributed by atoms with Gasteiger partial charge in [-0.15, -0.1) is 0 Å². The number of hydrogen-bond acceptors (Lipinski definition) is 5. The smallest absolute Gasteiger partial charge is 0.182 e. The molecule has 2 aromatic heterocycles. The van der Waals surface area contributed by atoms with Crippen molar-refractivity contribution >= 4 is 35.4 Å². The summed E-state index contributed by atoms with van der Waals surface area (Å²) in [5, 5.41) is 3.71. The van der Waals surface area contributed by atoms with Gasteiger partial charge in [0.15, 0.2) is 5.82 Å². The van der Waals surface area contributed by atoms with Gasteiger partial charge in [0.2, 0.25) is 0 Å². The highest BCUT2D eigenvalue weighted by Gasteiger charge is 2.11. The van der Waals surface area contributed by atoms with Gasteiger partial charge in [-0.2, -0.15) is 0 Å². The van der Waals surface area contributed by atoms with Crippen LogP contribution in [0.4, 0.5) is 14.6 Å². The fourth-order valence-corrected chi connectivity index (χ4v) is 2.79. The van der Waals surface area contributed by atoms with Crippen molar-refractivity contribution in [2.24, 2.45) is 0 Å². The minimum Gasteiger partial charge on any atom is -0.373 e. The van der Waals surface area contributed by atoms with E-state index in [1.54, 1.807) is 26.1 Å². The van der Waals surface area contributed by atoms with E-state index in [1.807, 2.05) is 0 Å². The summed E-state index contributed by atoms with van der Waals surface area (Å²) in [4.78, 5) is 16.7. The average molecular weight is 400 g/mol. The third-order valence-electron chi connectivity index (χ3n) is 3.96. The monoisotopic (exact) mass is 399 g/mol. The summed E-state index contributed by atoms with van der Waals surface area (Å²) in [6.07, 6.45) is 8.18. The molecule has 3 aromatic rings. The molecule has 0 spiro atoms. The van der Waals surface area contributed by atoms with E-state index in [0.717, 1.165) is 0 Å². The van der Waals surface area contributed by atoms with Crippen LogP contribution in [-0.4, -0.2) is 27.0 Å². The van der Waals surface area contributed by atoms with Crippen molar-refractivity contribution in [1.29, 1.82) is 0 Å². The van der Waals surface area contributed by atoms with Crippen molar-refractivity contribution in [1.82, 2.24) is 19.9 Å². The number of aromatic nitrogens is 4. The minimum absolute atomic E-state index is 0.0294. The van der Waals surface area contributed by atoms with Gasteiger partial charge in [0.1, 0.15) is 29.0 Å². The minimum atomic E-state index is -0.442. The number of rotatable bonds is 4. The first kappa shape index (κ1) is 19.6. The summed E-state index contributed by atoms with van der Waals surface area (Å²) >= 11 is 6.00. The third-order valence-corrected chi connectivity index (χ3v) is 4.19. The van der Waals surface area contributed by atoms with Crippen LogP contribution in [0.5, 0.6) is 0 Å². The lowest BCUT2D eigenvalue weighted by atomic mass is 10.0. The van der Waals surface area contributed by atoms with Crippen LogP contribution in [0.2, 0.25) is 5.02 Å². The zero-order valence-electron chi connectivity index (χ0n) is 15.1. The fraction of sp³-hybridized carbons (Fsp3) is 0.100. The van der Waals surface area contributed by atoms with Crippen LogP contribution < -0.4 is 15.9 Å². The van der Waals surface area contributed by atoms with Gasteiger partial charge >= 0.3 is 0 Å². The summed E-state index contributed by atoms with van der Waals surface area (Å²) in [5.41, 5.74) is 1.20. The Balaban J connectivity index is 2.24. The largest absolute Gasteiger partial charge is 0.373 e. The van der Waals surface area contributed by atoms with Gasteiger partial charge in [-0.3, -0.25) is 4.98 Å². The molecule has 0 bridgehead atoms. The molecule has 0 aliphatic rings. The zero-order valence-corrected chi connectivity index (χ0v) is 15.9. The van der Waals surface area contributed by atoms with Crippen molar-refractivity contribution < 1.29 is 8.78 Å². The molecule has 1 aromatic carbocycles.